The topological polar surface area (TPSA) is 72.5 Å². The Morgan fingerprint density at radius 2 is 2.00 bits per heavy atom. The second kappa shape index (κ2) is 10.7. The minimum absolute atomic E-state index is 0.0136. The molecule has 2 fully saturated rings. The number of amides is 1. The van der Waals surface area contributed by atoms with Gasteiger partial charge in [0, 0.05) is 29.0 Å². The Morgan fingerprint density at radius 3 is 2.79 bits per heavy atom. The number of fused-ring (bicyclic) bond motifs is 1. The number of halogens is 1. The summed E-state index contributed by atoms with van der Waals surface area (Å²) < 4.78 is 11.9. The van der Waals surface area contributed by atoms with Crippen LogP contribution in [0.2, 0.25) is 5.02 Å². The molecule has 3 aromatic rings. The van der Waals surface area contributed by atoms with E-state index in [1.54, 1.807) is 6.20 Å². The van der Waals surface area contributed by atoms with Crippen molar-refractivity contribution < 1.29 is 14.3 Å². The van der Waals surface area contributed by atoms with Crippen LogP contribution in [-0.4, -0.2) is 36.3 Å². The fourth-order valence-corrected chi connectivity index (χ4v) is 4.71. The minimum atomic E-state index is 0.0136. The Morgan fingerprint density at radius 1 is 1.15 bits per heavy atom. The van der Waals surface area contributed by atoms with Gasteiger partial charge in [0.25, 0.3) is 0 Å². The summed E-state index contributed by atoms with van der Waals surface area (Å²) in [7, 11) is 0. The molecule has 0 radical (unpaired) electrons. The maximum atomic E-state index is 12.7. The molecule has 7 heteroatoms. The third-order valence-corrected chi connectivity index (χ3v) is 6.93. The van der Waals surface area contributed by atoms with E-state index in [0.29, 0.717) is 30.5 Å². The van der Waals surface area contributed by atoms with Gasteiger partial charge < -0.3 is 20.1 Å². The third kappa shape index (κ3) is 5.52. The zero-order valence-electron chi connectivity index (χ0n) is 19.1. The molecule has 0 bridgehead atoms. The van der Waals surface area contributed by atoms with Gasteiger partial charge in [0.05, 0.1) is 42.4 Å². The number of rotatable bonds is 8. The van der Waals surface area contributed by atoms with Gasteiger partial charge in [-0.05, 0) is 49.4 Å². The standard InChI is InChI=1S/C27H30ClN3O3/c28-20-9-10-24-23(13-20)26(25(15-29-24)31-27(32)19-7-4-8-19)30-21-11-12-34-22(14-21)17-33-16-18-5-2-1-3-6-18/h1-3,5-6,9-10,13,15,19,21-22H,4,7-8,11-12,14,16-17H2,(H,29,30)(H,31,32)/t21-,22+/m0/s1. The first-order chi connectivity index (χ1) is 16.7. The number of anilines is 2. The van der Waals surface area contributed by atoms with Crippen LogP contribution in [0.5, 0.6) is 0 Å². The zero-order chi connectivity index (χ0) is 23.3. The van der Waals surface area contributed by atoms with Crippen LogP contribution >= 0.6 is 11.6 Å². The van der Waals surface area contributed by atoms with Crippen LogP contribution in [-0.2, 0) is 20.9 Å². The number of nitrogens with zero attached hydrogens (tertiary/aromatic N) is 1. The lowest BCUT2D eigenvalue weighted by molar-refractivity contribution is -0.122. The van der Waals surface area contributed by atoms with Gasteiger partial charge in [0.15, 0.2) is 0 Å². The molecule has 0 spiro atoms. The Labute approximate surface area is 205 Å². The highest BCUT2D eigenvalue weighted by molar-refractivity contribution is 6.31. The fraction of sp³-hybridized carbons (Fsp3) is 0.407. The number of carbonyl (C=O) groups is 1. The van der Waals surface area contributed by atoms with Gasteiger partial charge in [-0.3, -0.25) is 9.78 Å². The van der Waals surface area contributed by atoms with Crippen molar-refractivity contribution in [1.29, 1.82) is 0 Å². The highest BCUT2D eigenvalue weighted by Crippen LogP contribution is 2.35. The average Bonchev–Trinajstić information content (AvgIpc) is 2.80. The number of hydrogen-bond donors (Lipinski definition) is 2. The molecular weight excluding hydrogens is 450 g/mol. The van der Waals surface area contributed by atoms with Crippen molar-refractivity contribution in [3.63, 3.8) is 0 Å². The van der Waals surface area contributed by atoms with Crippen molar-refractivity contribution in [2.24, 2.45) is 5.92 Å². The van der Waals surface area contributed by atoms with Gasteiger partial charge in [0.1, 0.15) is 0 Å². The van der Waals surface area contributed by atoms with E-state index < -0.39 is 0 Å². The lowest BCUT2D eigenvalue weighted by Crippen LogP contribution is -2.37. The first-order valence-electron chi connectivity index (χ1n) is 12.0. The second-order valence-corrected chi connectivity index (χ2v) is 9.62. The van der Waals surface area contributed by atoms with E-state index in [2.05, 4.69) is 27.8 Å². The van der Waals surface area contributed by atoms with Gasteiger partial charge in [0.2, 0.25) is 5.91 Å². The lowest BCUT2D eigenvalue weighted by atomic mass is 9.85. The van der Waals surface area contributed by atoms with Crippen LogP contribution < -0.4 is 10.6 Å². The predicted octanol–water partition coefficient (Wildman–Crippen LogP) is 5.80. The number of aromatic nitrogens is 1. The van der Waals surface area contributed by atoms with E-state index in [1.807, 2.05) is 36.4 Å². The Hall–Kier alpha value is -2.67. The van der Waals surface area contributed by atoms with Gasteiger partial charge in [-0.15, -0.1) is 0 Å². The largest absolute Gasteiger partial charge is 0.380 e. The van der Waals surface area contributed by atoms with Crippen LogP contribution in [0.25, 0.3) is 10.9 Å². The number of carbonyl (C=O) groups excluding carboxylic acids is 1. The zero-order valence-corrected chi connectivity index (χ0v) is 19.9. The number of hydrogen-bond acceptors (Lipinski definition) is 5. The molecule has 178 valence electrons. The average molecular weight is 480 g/mol. The molecule has 1 aliphatic carbocycles. The molecule has 0 unspecified atom stereocenters. The molecule has 2 aromatic carbocycles. The molecule has 1 amide bonds. The molecule has 1 saturated heterocycles. The molecular formula is C27H30ClN3O3. The van der Waals surface area contributed by atoms with Crippen molar-refractivity contribution in [1.82, 2.24) is 4.98 Å². The molecule has 2 aliphatic rings. The molecule has 6 nitrogen and oxygen atoms in total. The molecule has 5 rings (SSSR count). The van der Waals surface area contributed by atoms with Gasteiger partial charge in [-0.25, -0.2) is 0 Å². The first-order valence-corrected chi connectivity index (χ1v) is 12.4. The summed E-state index contributed by atoms with van der Waals surface area (Å²) in [5.74, 6) is 0.161. The highest BCUT2D eigenvalue weighted by atomic mass is 35.5. The summed E-state index contributed by atoms with van der Waals surface area (Å²) in [5.41, 5.74) is 3.56. The van der Waals surface area contributed by atoms with E-state index in [4.69, 9.17) is 21.1 Å². The summed E-state index contributed by atoms with van der Waals surface area (Å²) in [6.45, 7) is 1.77. The summed E-state index contributed by atoms with van der Waals surface area (Å²) in [4.78, 5) is 17.3. The van der Waals surface area contributed by atoms with Gasteiger partial charge in [-0.2, -0.15) is 0 Å². The maximum Gasteiger partial charge on any atom is 0.227 e. The molecule has 1 saturated carbocycles. The van der Waals surface area contributed by atoms with Crippen LogP contribution in [0.4, 0.5) is 11.4 Å². The van der Waals surface area contributed by atoms with Crippen LogP contribution in [0, 0.1) is 5.92 Å². The molecule has 34 heavy (non-hydrogen) atoms. The van der Waals surface area contributed by atoms with Crippen LogP contribution in [0.3, 0.4) is 0 Å². The van der Waals surface area contributed by atoms with Crippen molar-refractivity contribution >= 4 is 39.8 Å². The van der Waals surface area contributed by atoms with Crippen molar-refractivity contribution in [2.45, 2.75) is 50.9 Å². The third-order valence-electron chi connectivity index (χ3n) is 6.69. The monoisotopic (exact) mass is 479 g/mol. The summed E-state index contributed by atoms with van der Waals surface area (Å²) in [5, 5.41) is 8.35. The smallest absolute Gasteiger partial charge is 0.227 e. The van der Waals surface area contributed by atoms with E-state index in [0.717, 1.165) is 54.3 Å². The molecule has 2 atom stereocenters. The number of nitrogens with one attached hydrogen (secondary N) is 2. The van der Waals surface area contributed by atoms with Crippen molar-refractivity contribution in [2.75, 3.05) is 23.8 Å². The summed E-state index contributed by atoms with van der Waals surface area (Å²) >= 11 is 6.32. The number of pyridine rings is 1. The van der Waals surface area contributed by atoms with Gasteiger partial charge >= 0.3 is 0 Å². The lowest BCUT2D eigenvalue weighted by Gasteiger charge is -2.32. The quantitative estimate of drug-likeness (QED) is 0.427. The van der Waals surface area contributed by atoms with E-state index in [9.17, 15) is 4.79 Å². The maximum absolute atomic E-state index is 12.7. The summed E-state index contributed by atoms with van der Waals surface area (Å²) in [6, 6.07) is 16.0. The van der Waals surface area contributed by atoms with Gasteiger partial charge in [-0.1, -0.05) is 48.4 Å². The highest BCUT2D eigenvalue weighted by Gasteiger charge is 2.28. The SMILES string of the molecule is O=C(Nc1cnc2ccc(Cl)cc2c1N[C@H]1CCO[C@@H](COCc2ccccc2)C1)C1CCC1. The van der Waals surface area contributed by atoms with Crippen molar-refractivity contribution in [3.05, 3.63) is 65.3 Å². The predicted molar refractivity (Wildman–Crippen MR) is 135 cm³/mol. The van der Waals surface area contributed by atoms with E-state index >= 15 is 0 Å². The molecule has 2 heterocycles. The van der Waals surface area contributed by atoms with Crippen LogP contribution in [0.15, 0.2) is 54.7 Å². The normalized spacial score (nSPS) is 20.6. The van der Waals surface area contributed by atoms with Crippen molar-refractivity contribution in [3.8, 4) is 0 Å². The first kappa shape index (κ1) is 23.1. The second-order valence-electron chi connectivity index (χ2n) is 9.18. The number of benzene rings is 2. The van der Waals surface area contributed by atoms with E-state index in [1.165, 1.54) is 0 Å². The van der Waals surface area contributed by atoms with E-state index in [-0.39, 0.29) is 24.0 Å². The Kier molecular flexibility index (Phi) is 7.28. The fourth-order valence-electron chi connectivity index (χ4n) is 4.53. The Bertz CT molecular complexity index is 1140. The minimum Gasteiger partial charge on any atom is -0.380 e. The molecule has 2 N–H and O–H groups in total. The molecule has 1 aromatic heterocycles. The Balaban J connectivity index is 1.29. The number of ether oxygens (including phenoxy) is 2. The summed E-state index contributed by atoms with van der Waals surface area (Å²) in [6.07, 6.45) is 6.46. The molecule has 1 aliphatic heterocycles. The van der Waals surface area contributed by atoms with Crippen LogP contribution in [0.1, 0.15) is 37.7 Å².